The Morgan fingerprint density at radius 2 is 2.24 bits per heavy atom. The minimum atomic E-state index is 0.0973. The third-order valence-electron chi connectivity index (χ3n) is 3.44. The Morgan fingerprint density at radius 1 is 1.33 bits per heavy atom. The van der Waals surface area contributed by atoms with Gasteiger partial charge in [-0.2, -0.15) is 0 Å². The van der Waals surface area contributed by atoms with Gasteiger partial charge in [-0.15, -0.1) is 11.3 Å². The fraction of sp³-hybridized carbons (Fsp3) is 0.312. The molecule has 4 nitrogen and oxygen atoms in total. The van der Waals surface area contributed by atoms with E-state index in [1.165, 1.54) is 10.4 Å². The molecule has 0 fully saturated rings. The summed E-state index contributed by atoms with van der Waals surface area (Å²) in [7, 11) is 0. The summed E-state index contributed by atoms with van der Waals surface area (Å²) in [5.41, 5.74) is 7.13. The van der Waals surface area contributed by atoms with Gasteiger partial charge in [0.15, 0.2) is 5.96 Å². The van der Waals surface area contributed by atoms with Gasteiger partial charge in [0.1, 0.15) is 11.9 Å². The first-order chi connectivity index (χ1) is 10.3. The van der Waals surface area contributed by atoms with Crippen molar-refractivity contribution in [2.45, 2.75) is 18.9 Å². The zero-order valence-electron chi connectivity index (χ0n) is 11.8. The highest BCUT2D eigenvalue weighted by molar-refractivity contribution is 7.09. The zero-order valence-corrected chi connectivity index (χ0v) is 12.6. The summed E-state index contributed by atoms with van der Waals surface area (Å²) in [6.07, 6.45) is 1.97. The number of benzene rings is 1. The van der Waals surface area contributed by atoms with Gasteiger partial charge in [0.25, 0.3) is 0 Å². The van der Waals surface area contributed by atoms with Gasteiger partial charge in [-0.05, 0) is 29.5 Å². The molecular formula is C16H19N3OS. The third kappa shape index (κ3) is 3.76. The Kier molecular flexibility index (Phi) is 4.40. The molecule has 1 aromatic heterocycles. The molecular weight excluding hydrogens is 282 g/mol. The van der Waals surface area contributed by atoms with Crippen LogP contribution in [0.4, 0.5) is 0 Å². The topological polar surface area (TPSA) is 59.6 Å². The van der Waals surface area contributed by atoms with E-state index in [2.05, 4.69) is 33.9 Å². The first kappa shape index (κ1) is 13.9. The average molecular weight is 301 g/mol. The van der Waals surface area contributed by atoms with Gasteiger partial charge < -0.3 is 15.8 Å². The van der Waals surface area contributed by atoms with Crippen molar-refractivity contribution in [3.63, 3.8) is 0 Å². The predicted octanol–water partition coefficient (Wildman–Crippen LogP) is 2.20. The van der Waals surface area contributed by atoms with Crippen molar-refractivity contribution in [2.24, 2.45) is 10.7 Å². The van der Waals surface area contributed by atoms with E-state index in [9.17, 15) is 0 Å². The first-order valence-corrected chi connectivity index (χ1v) is 8.00. The summed E-state index contributed by atoms with van der Waals surface area (Å²) in [6.45, 7) is 1.40. The largest absolute Gasteiger partial charge is 0.488 e. The van der Waals surface area contributed by atoms with Crippen LogP contribution < -0.4 is 15.8 Å². The van der Waals surface area contributed by atoms with Crippen LogP contribution in [0.25, 0.3) is 0 Å². The first-order valence-electron chi connectivity index (χ1n) is 7.12. The molecule has 0 radical (unpaired) electrons. The molecule has 21 heavy (non-hydrogen) atoms. The number of para-hydroxylation sites is 1. The number of aliphatic imine (C=N–C) groups is 1. The maximum absolute atomic E-state index is 5.88. The van der Waals surface area contributed by atoms with Crippen LogP contribution in [-0.4, -0.2) is 25.2 Å². The molecule has 5 heteroatoms. The zero-order chi connectivity index (χ0) is 14.5. The molecule has 0 saturated heterocycles. The fourth-order valence-electron chi connectivity index (χ4n) is 2.38. The lowest BCUT2D eigenvalue weighted by molar-refractivity contribution is 0.242. The number of nitrogens with one attached hydrogen (secondary N) is 1. The summed E-state index contributed by atoms with van der Waals surface area (Å²) in [6, 6.07) is 12.3. The van der Waals surface area contributed by atoms with E-state index in [1.807, 2.05) is 18.2 Å². The third-order valence-corrected chi connectivity index (χ3v) is 4.37. The van der Waals surface area contributed by atoms with Gasteiger partial charge in [0.2, 0.25) is 0 Å². The Labute approximate surface area is 128 Å². The number of nitrogens with zero attached hydrogens (tertiary/aromatic N) is 1. The van der Waals surface area contributed by atoms with Crippen molar-refractivity contribution in [1.82, 2.24) is 5.32 Å². The van der Waals surface area contributed by atoms with Crippen LogP contribution in [0, 0.1) is 0 Å². The monoisotopic (exact) mass is 301 g/mol. The molecule has 1 atom stereocenters. The van der Waals surface area contributed by atoms with Crippen LogP contribution in [0.1, 0.15) is 10.4 Å². The van der Waals surface area contributed by atoms with Crippen molar-refractivity contribution in [2.75, 3.05) is 13.1 Å². The smallest absolute Gasteiger partial charge is 0.188 e. The molecule has 0 bridgehead atoms. The predicted molar refractivity (Wildman–Crippen MR) is 87.1 cm³/mol. The van der Waals surface area contributed by atoms with Crippen molar-refractivity contribution >= 4 is 17.3 Å². The molecule has 1 aliphatic heterocycles. The van der Waals surface area contributed by atoms with Crippen LogP contribution >= 0.6 is 11.3 Å². The fourth-order valence-corrected chi connectivity index (χ4v) is 3.09. The van der Waals surface area contributed by atoms with Crippen LogP contribution in [-0.2, 0) is 12.8 Å². The van der Waals surface area contributed by atoms with E-state index in [4.69, 9.17) is 10.5 Å². The van der Waals surface area contributed by atoms with Gasteiger partial charge in [0.05, 0.1) is 6.54 Å². The molecule has 0 saturated carbocycles. The van der Waals surface area contributed by atoms with Gasteiger partial charge in [-0.25, -0.2) is 4.99 Å². The van der Waals surface area contributed by atoms with Crippen molar-refractivity contribution < 1.29 is 4.74 Å². The number of hydrogen-bond donors (Lipinski definition) is 2. The molecule has 3 N–H and O–H groups in total. The lowest BCUT2D eigenvalue weighted by Crippen LogP contribution is -2.34. The summed E-state index contributed by atoms with van der Waals surface area (Å²) in [4.78, 5) is 5.72. The molecule has 3 rings (SSSR count). The maximum atomic E-state index is 5.88. The standard InChI is InChI=1S/C16H19N3OS/c17-16(18-8-7-14-5-3-9-21-14)19-11-13-10-12-4-1-2-6-15(12)20-13/h1-6,9,13H,7-8,10-11H2,(H3,17,18,19). The lowest BCUT2D eigenvalue weighted by Gasteiger charge is -2.09. The normalized spacial score (nSPS) is 17.3. The Hall–Kier alpha value is -2.01. The van der Waals surface area contributed by atoms with Gasteiger partial charge in [-0.1, -0.05) is 24.3 Å². The molecule has 2 aromatic rings. The van der Waals surface area contributed by atoms with Crippen LogP contribution in [0.2, 0.25) is 0 Å². The van der Waals surface area contributed by atoms with E-state index < -0.39 is 0 Å². The summed E-state index contributed by atoms with van der Waals surface area (Å²) < 4.78 is 5.83. The summed E-state index contributed by atoms with van der Waals surface area (Å²) in [5.74, 6) is 1.47. The number of hydrogen-bond acceptors (Lipinski definition) is 3. The second-order valence-electron chi connectivity index (χ2n) is 5.03. The van der Waals surface area contributed by atoms with E-state index >= 15 is 0 Å². The highest BCUT2D eigenvalue weighted by Crippen LogP contribution is 2.28. The average Bonchev–Trinajstić information content (AvgIpc) is 3.13. The number of thiophene rings is 1. The molecule has 1 aliphatic rings. The number of ether oxygens (including phenoxy) is 1. The summed E-state index contributed by atoms with van der Waals surface area (Å²) in [5, 5.41) is 5.23. The van der Waals surface area contributed by atoms with E-state index in [0.717, 1.165) is 25.1 Å². The number of nitrogens with two attached hydrogens (primary N) is 1. The number of fused-ring (bicyclic) bond motifs is 1. The van der Waals surface area contributed by atoms with Gasteiger partial charge in [-0.3, -0.25) is 0 Å². The van der Waals surface area contributed by atoms with Crippen molar-refractivity contribution in [3.05, 3.63) is 52.2 Å². The lowest BCUT2D eigenvalue weighted by atomic mass is 10.1. The SMILES string of the molecule is NC(=NCC1Cc2ccccc2O1)NCCc1cccs1. The van der Waals surface area contributed by atoms with Gasteiger partial charge >= 0.3 is 0 Å². The van der Waals surface area contributed by atoms with Crippen LogP contribution in [0.5, 0.6) is 5.75 Å². The molecule has 0 spiro atoms. The van der Waals surface area contributed by atoms with E-state index in [-0.39, 0.29) is 6.10 Å². The summed E-state index contributed by atoms with van der Waals surface area (Å²) >= 11 is 1.76. The van der Waals surface area contributed by atoms with E-state index in [1.54, 1.807) is 11.3 Å². The van der Waals surface area contributed by atoms with Crippen LogP contribution in [0.15, 0.2) is 46.8 Å². The van der Waals surface area contributed by atoms with Crippen molar-refractivity contribution in [1.29, 1.82) is 0 Å². The Bertz CT molecular complexity index is 585. The minimum Gasteiger partial charge on any atom is -0.488 e. The second kappa shape index (κ2) is 6.63. The van der Waals surface area contributed by atoms with Crippen molar-refractivity contribution in [3.8, 4) is 5.75 Å². The Balaban J connectivity index is 1.42. The molecule has 2 heterocycles. The molecule has 0 aliphatic carbocycles. The molecule has 0 amide bonds. The van der Waals surface area contributed by atoms with Gasteiger partial charge in [0, 0.05) is 17.8 Å². The van der Waals surface area contributed by atoms with E-state index in [0.29, 0.717) is 12.5 Å². The second-order valence-corrected chi connectivity index (χ2v) is 6.07. The highest BCUT2D eigenvalue weighted by Gasteiger charge is 2.21. The number of rotatable bonds is 5. The molecule has 1 unspecified atom stereocenters. The molecule has 1 aromatic carbocycles. The number of guanidine groups is 1. The molecule has 110 valence electrons. The highest BCUT2D eigenvalue weighted by atomic mass is 32.1. The maximum Gasteiger partial charge on any atom is 0.188 e. The minimum absolute atomic E-state index is 0.0973. The van der Waals surface area contributed by atoms with Crippen LogP contribution in [0.3, 0.4) is 0 Å². The Morgan fingerprint density at radius 3 is 3.05 bits per heavy atom. The quantitative estimate of drug-likeness (QED) is 0.657.